The van der Waals surface area contributed by atoms with Gasteiger partial charge in [-0.25, -0.2) is 9.18 Å². The van der Waals surface area contributed by atoms with E-state index in [-0.39, 0.29) is 30.1 Å². The van der Waals surface area contributed by atoms with Gasteiger partial charge in [0, 0.05) is 57.9 Å². The average Bonchev–Trinajstić information content (AvgIpc) is 2.81. The van der Waals surface area contributed by atoms with E-state index in [4.69, 9.17) is 4.74 Å². The number of hydrogen-bond acceptors (Lipinski definition) is 7. The van der Waals surface area contributed by atoms with E-state index in [2.05, 4.69) is 20.4 Å². The SMILES string of the molecule is CC(C)(C)OC(=O)N1CCN(CC2CCN(c3ccc(NC4CCC(=O)NC4=O)cc3F)CC2)CC1. The first-order valence-corrected chi connectivity index (χ1v) is 12.9. The van der Waals surface area contributed by atoms with Crippen molar-refractivity contribution in [3.8, 4) is 0 Å². The van der Waals surface area contributed by atoms with Crippen LogP contribution in [0.4, 0.5) is 20.6 Å². The van der Waals surface area contributed by atoms with Gasteiger partial charge >= 0.3 is 6.09 Å². The predicted molar refractivity (Wildman–Crippen MR) is 135 cm³/mol. The number of nitrogens with one attached hydrogen (secondary N) is 2. The fraction of sp³-hybridized carbons (Fsp3) is 0.654. The van der Waals surface area contributed by atoms with Gasteiger partial charge in [-0.3, -0.25) is 19.8 Å². The molecule has 3 heterocycles. The molecule has 36 heavy (non-hydrogen) atoms. The van der Waals surface area contributed by atoms with Crippen LogP contribution in [0.5, 0.6) is 0 Å². The molecule has 0 bridgehead atoms. The van der Waals surface area contributed by atoms with Crippen LogP contribution < -0.4 is 15.5 Å². The average molecular weight is 504 g/mol. The summed E-state index contributed by atoms with van der Waals surface area (Å²) in [6.45, 7) is 11.3. The third-order valence-corrected chi connectivity index (χ3v) is 7.02. The lowest BCUT2D eigenvalue weighted by Crippen LogP contribution is -2.51. The molecular weight excluding hydrogens is 465 g/mol. The van der Waals surface area contributed by atoms with E-state index < -0.39 is 11.6 Å². The van der Waals surface area contributed by atoms with E-state index in [0.717, 1.165) is 45.6 Å². The van der Waals surface area contributed by atoms with E-state index in [1.807, 2.05) is 20.8 Å². The molecule has 1 aromatic rings. The fourth-order valence-corrected chi connectivity index (χ4v) is 5.05. The van der Waals surface area contributed by atoms with Crippen molar-refractivity contribution >= 4 is 29.3 Å². The number of ether oxygens (including phenoxy) is 1. The number of anilines is 2. The maximum atomic E-state index is 14.9. The third-order valence-electron chi connectivity index (χ3n) is 7.02. The van der Waals surface area contributed by atoms with Gasteiger partial charge in [0.2, 0.25) is 11.8 Å². The second kappa shape index (κ2) is 11.0. The monoisotopic (exact) mass is 503 g/mol. The standard InChI is InChI=1S/C26H38FN5O4/c1-26(2,3)36-25(35)32-14-12-30(13-15-32)17-18-8-10-31(11-9-18)22-6-4-19(16-20(22)27)28-21-5-7-23(33)29-24(21)34/h4,6,16,18,21,28H,5,7-15,17H2,1-3H3,(H,29,33,34). The van der Waals surface area contributed by atoms with Crippen LogP contribution in [-0.4, -0.2) is 85.2 Å². The number of piperazine rings is 1. The van der Waals surface area contributed by atoms with E-state index in [0.29, 0.717) is 36.8 Å². The van der Waals surface area contributed by atoms with E-state index in [1.165, 1.54) is 6.07 Å². The summed E-state index contributed by atoms with van der Waals surface area (Å²) in [6, 6.07) is 4.45. The first-order chi connectivity index (χ1) is 17.1. The highest BCUT2D eigenvalue weighted by molar-refractivity contribution is 6.01. The van der Waals surface area contributed by atoms with Crippen molar-refractivity contribution in [3.05, 3.63) is 24.0 Å². The van der Waals surface area contributed by atoms with Crippen LogP contribution in [0.3, 0.4) is 0 Å². The Hall–Kier alpha value is -2.88. The number of imide groups is 1. The molecule has 0 aromatic heterocycles. The Morgan fingerprint density at radius 3 is 2.39 bits per heavy atom. The molecule has 10 heteroatoms. The number of halogens is 1. The van der Waals surface area contributed by atoms with Gasteiger partial charge in [-0.1, -0.05) is 0 Å². The second-order valence-corrected chi connectivity index (χ2v) is 11.0. The molecule has 2 N–H and O–H groups in total. The van der Waals surface area contributed by atoms with Crippen molar-refractivity contribution in [2.45, 2.75) is 58.1 Å². The fourth-order valence-electron chi connectivity index (χ4n) is 5.05. The molecule has 1 aromatic carbocycles. The van der Waals surface area contributed by atoms with Crippen molar-refractivity contribution in [1.82, 2.24) is 15.1 Å². The Kier molecular flexibility index (Phi) is 8.02. The smallest absolute Gasteiger partial charge is 0.410 e. The number of rotatable bonds is 5. The van der Waals surface area contributed by atoms with Crippen molar-refractivity contribution in [3.63, 3.8) is 0 Å². The molecule has 4 rings (SSSR count). The van der Waals surface area contributed by atoms with Crippen LogP contribution >= 0.6 is 0 Å². The summed E-state index contributed by atoms with van der Waals surface area (Å²) in [5, 5.41) is 5.34. The zero-order valence-corrected chi connectivity index (χ0v) is 21.5. The summed E-state index contributed by atoms with van der Waals surface area (Å²) in [5.41, 5.74) is 0.630. The molecule has 0 aliphatic carbocycles. The van der Waals surface area contributed by atoms with Crippen LogP contribution in [0.25, 0.3) is 0 Å². The van der Waals surface area contributed by atoms with Gasteiger partial charge in [0.25, 0.3) is 0 Å². The molecule has 3 aliphatic heterocycles. The van der Waals surface area contributed by atoms with Crippen molar-refractivity contribution < 1.29 is 23.5 Å². The molecule has 198 valence electrons. The lowest BCUT2D eigenvalue weighted by atomic mass is 9.95. The van der Waals surface area contributed by atoms with Crippen LogP contribution in [-0.2, 0) is 14.3 Å². The Morgan fingerprint density at radius 2 is 1.78 bits per heavy atom. The Labute approximate surface area is 212 Å². The number of nitrogens with zero attached hydrogens (tertiary/aromatic N) is 3. The van der Waals surface area contributed by atoms with Gasteiger partial charge < -0.3 is 19.9 Å². The molecule has 9 nitrogen and oxygen atoms in total. The largest absolute Gasteiger partial charge is 0.444 e. The van der Waals surface area contributed by atoms with E-state index >= 15 is 0 Å². The van der Waals surface area contributed by atoms with Crippen LogP contribution in [0.2, 0.25) is 0 Å². The minimum atomic E-state index is -0.533. The molecular formula is C26H38FN5O4. The van der Waals surface area contributed by atoms with Gasteiger partial charge in [-0.05, 0) is 64.2 Å². The number of carbonyl (C=O) groups is 3. The quantitative estimate of drug-likeness (QED) is 0.597. The topological polar surface area (TPSA) is 94.2 Å². The van der Waals surface area contributed by atoms with Crippen LogP contribution in [0.1, 0.15) is 46.5 Å². The second-order valence-electron chi connectivity index (χ2n) is 11.0. The van der Waals surface area contributed by atoms with Gasteiger partial charge in [0.15, 0.2) is 0 Å². The van der Waals surface area contributed by atoms with Crippen molar-refractivity contribution in [2.75, 3.05) is 56.0 Å². The Morgan fingerprint density at radius 1 is 1.08 bits per heavy atom. The highest BCUT2D eigenvalue weighted by Gasteiger charge is 2.29. The summed E-state index contributed by atoms with van der Waals surface area (Å²) in [7, 11) is 0. The summed E-state index contributed by atoms with van der Waals surface area (Å²) in [4.78, 5) is 41.8. The molecule has 1 atom stereocenters. The maximum Gasteiger partial charge on any atom is 0.410 e. The number of amides is 3. The minimum absolute atomic E-state index is 0.240. The third kappa shape index (κ3) is 6.87. The van der Waals surface area contributed by atoms with Gasteiger partial charge in [0.05, 0.1) is 5.69 Å². The first kappa shape index (κ1) is 26.2. The predicted octanol–water partition coefficient (Wildman–Crippen LogP) is 2.81. The molecule has 3 saturated heterocycles. The minimum Gasteiger partial charge on any atom is -0.444 e. The number of carbonyl (C=O) groups excluding carboxylic acids is 3. The summed E-state index contributed by atoms with van der Waals surface area (Å²) in [5.74, 6) is -0.412. The zero-order valence-electron chi connectivity index (χ0n) is 21.5. The van der Waals surface area contributed by atoms with Crippen LogP contribution in [0, 0.1) is 11.7 Å². The lowest BCUT2D eigenvalue weighted by molar-refractivity contribution is -0.133. The number of hydrogen-bond donors (Lipinski definition) is 2. The summed E-state index contributed by atoms with van der Waals surface area (Å²) < 4.78 is 20.4. The van der Waals surface area contributed by atoms with Crippen LogP contribution in [0.15, 0.2) is 18.2 Å². The highest BCUT2D eigenvalue weighted by Crippen LogP contribution is 2.29. The Balaban J connectivity index is 1.21. The highest BCUT2D eigenvalue weighted by atomic mass is 19.1. The number of benzene rings is 1. The Bertz CT molecular complexity index is 966. The van der Waals surface area contributed by atoms with Crippen molar-refractivity contribution in [1.29, 1.82) is 0 Å². The summed E-state index contributed by atoms with van der Waals surface area (Å²) >= 11 is 0. The molecule has 0 radical (unpaired) electrons. The molecule has 0 saturated carbocycles. The first-order valence-electron chi connectivity index (χ1n) is 12.9. The summed E-state index contributed by atoms with van der Waals surface area (Å²) in [6.07, 6.45) is 2.41. The van der Waals surface area contributed by atoms with Gasteiger partial charge in [-0.15, -0.1) is 0 Å². The van der Waals surface area contributed by atoms with Crippen molar-refractivity contribution in [2.24, 2.45) is 5.92 Å². The maximum absolute atomic E-state index is 14.9. The normalized spacial score (nSPS) is 22.4. The van der Waals surface area contributed by atoms with Gasteiger partial charge in [-0.2, -0.15) is 0 Å². The molecule has 3 fully saturated rings. The molecule has 1 unspecified atom stereocenters. The van der Waals surface area contributed by atoms with E-state index in [9.17, 15) is 18.8 Å². The van der Waals surface area contributed by atoms with Gasteiger partial charge in [0.1, 0.15) is 17.5 Å². The zero-order chi connectivity index (χ0) is 25.9. The number of piperidine rings is 2. The van der Waals surface area contributed by atoms with E-state index in [1.54, 1.807) is 17.0 Å². The lowest BCUT2D eigenvalue weighted by Gasteiger charge is -2.39. The molecule has 3 amide bonds. The molecule has 0 spiro atoms. The molecule has 3 aliphatic rings.